The number of likely N-dealkylation sites (tertiary alicyclic amines) is 1. The average molecular weight is 424 g/mol. The van der Waals surface area contributed by atoms with Crippen LogP contribution in [0.1, 0.15) is 51.6 Å². The fourth-order valence-electron chi connectivity index (χ4n) is 3.79. The average Bonchev–Trinajstić information content (AvgIpc) is 3.37. The molecule has 1 N–H and O–H groups in total. The molecule has 2 aromatic heterocycles. The second-order valence-corrected chi connectivity index (χ2v) is 8.46. The minimum absolute atomic E-state index is 0.0877. The van der Waals surface area contributed by atoms with Crippen molar-refractivity contribution in [2.45, 2.75) is 39.3 Å². The number of nitrogens with one attached hydrogen (secondary N) is 1. The van der Waals surface area contributed by atoms with E-state index in [1.54, 1.807) is 30.6 Å². The highest BCUT2D eigenvalue weighted by Gasteiger charge is 2.29. The minimum atomic E-state index is -0.272. The first-order valence-corrected chi connectivity index (χ1v) is 10.9. The van der Waals surface area contributed by atoms with Crippen LogP contribution in [0.25, 0.3) is 0 Å². The van der Waals surface area contributed by atoms with Crippen molar-refractivity contribution in [3.05, 3.63) is 63.6 Å². The first-order chi connectivity index (χ1) is 14.5. The Balaban J connectivity index is 1.55. The lowest BCUT2D eigenvalue weighted by Crippen LogP contribution is -2.26. The molecule has 0 aliphatic carbocycles. The SMILES string of the molecule is COc1ccccc1NC(=O)c1cc(C)nc(C2CCCN2Cc2csc(C)n2)n1. The summed E-state index contributed by atoms with van der Waals surface area (Å²) in [6.07, 6.45) is 2.05. The molecule has 3 heterocycles. The van der Waals surface area contributed by atoms with Crippen LogP contribution in [0, 0.1) is 13.8 Å². The summed E-state index contributed by atoms with van der Waals surface area (Å²) in [5.41, 5.74) is 2.83. The van der Waals surface area contributed by atoms with E-state index in [0.29, 0.717) is 23.0 Å². The first-order valence-electron chi connectivity index (χ1n) is 9.98. The van der Waals surface area contributed by atoms with E-state index in [-0.39, 0.29) is 11.9 Å². The number of ether oxygens (including phenoxy) is 1. The molecular weight excluding hydrogens is 398 g/mol. The lowest BCUT2D eigenvalue weighted by atomic mass is 10.2. The maximum atomic E-state index is 12.9. The second kappa shape index (κ2) is 8.89. The Morgan fingerprint density at radius 2 is 2.10 bits per heavy atom. The summed E-state index contributed by atoms with van der Waals surface area (Å²) in [5, 5.41) is 6.08. The molecule has 4 rings (SSSR count). The fraction of sp³-hybridized carbons (Fsp3) is 0.364. The molecule has 156 valence electrons. The van der Waals surface area contributed by atoms with Crippen molar-refractivity contribution in [1.29, 1.82) is 0 Å². The van der Waals surface area contributed by atoms with Gasteiger partial charge in [0.1, 0.15) is 17.3 Å². The quantitative estimate of drug-likeness (QED) is 0.642. The molecule has 30 heavy (non-hydrogen) atoms. The van der Waals surface area contributed by atoms with Gasteiger partial charge in [-0.1, -0.05) is 12.1 Å². The molecule has 1 amide bonds. The highest BCUT2D eigenvalue weighted by atomic mass is 32.1. The summed E-state index contributed by atoms with van der Waals surface area (Å²) in [6.45, 7) is 5.66. The van der Waals surface area contributed by atoms with Crippen LogP contribution in [-0.2, 0) is 6.54 Å². The van der Waals surface area contributed by atoms with Crippen LogP contribution in [0.3, 0.4) is 0 Å². The molecule has 1 atom stereocenters. The number of hydrogen-bond acceptors (Lipinski definition) is 7. The van der Waals surface area contributed by atoms with Gasteiger partial charge in [0.2, 0.25) is 0 Å². The van der Waals surface area contributed by atoms with E-state index in [2.05, 4.69) is 30.5 Å². The van der Waals surface area contributed by atoms with Crippen molar-refractivity contribution in [2.24, 2.45) is 0 Å². The van der Waals surface area contributed by atoms with E-state index in [1.165, 1.54) is 0 Å². The minimum Gasteiger partial charge on any atom is -0.495 e. The standard InChI is InChI=1S/C22H25N5O2S/c1-14-11-18(22(28)26-17-7-4-5-9-20(17)29-3)25-21(23-14)19-8-6-10-27(19)12-16-13-30-15(2)24-16/h4-5,7,9,11,13,19H,6,8,10,12H2,1-3H3,(H,26,28). The number of thiazole rings is 1. The van der Waals surface area contributed by atoms with Crippen LogP contribution < -0.4 is 10.1 Å². The van der Waals surface area contributed by atoms with E-state index in [9.17, 15) is 4.79 Å². The van der Waals surface area contributed by atoms with Gasteiger partial charge in [-0.15, -0.1) is 11.3 Å². The molecule has 1 aromatic carbocycles. The largest absolute Gasteiger partial charge is 0.495 e. The van der Waals surface area contributed by atoms with Crippen molar-refractivity contribution >= 4 is 22.9 Å². The Labute approximate surface area is 180 Å². The van der Waals surface area contributed by atoms with Gasteiger partial charge in [0.15, 0.2) is 0 Å². The molecule has 7 nitrogen and oxygen atoms in total. The van der Waals surface area contributed by atoms with Crippen molar-refractivity contribution in [1.82, 2.24) is 19.9 Å². The van der Waals surface area contributed by atoms with E-state index >= 15 is 0 Å². The van der Waals surface area contributed by atoms with Gasteiger partial charge in [-0.2, -0.15) is 0 Å². The van der Waals surface area contributed by atoms with Gasteiger partial charge in [0.25, 0.3) is 5.91 Å². The normalized spacial score (nSPS) is 16.6. The number of rotatable bonds is 6. The van der Waals surface area contributed by atoms with Gasteiger partial charge >= 0.3 is 0 Å². The number of aromatic nitrogens is 3. The van der Waals surface area contributed by atoms with E-state index in [0.717, 1.165) is 42.3 Å². The van der Waals surface area contributed by atoms with Crippen LogP contribution in [0.2, 0.25) is 0 Å². The Kier molecular flexibility index (Phi) is 6.06. The number of carbonyl (C=O) groups is 1. The summed E-state index contributed by atoms with van der Waals surface area (Å²) in [6, 6.07) is 9.14. The van der Waals surface area contributed by atoms with Gasteiger partial charge in [-0.05, 0) is 51.4 Å². The maximum Gasteiger partial charge on any atom is 0.274 e. The number of aryl methyl sites for hydroxylation is 2. The van der Waals surface area contributed by atoms with E-state index in [4.69, 9.17) is 4.74 Å². The lowest BCUT2D eigenvalue weighted by molar-refractivity contribution is 0.102. The molecule has 1 fully saturated rings. The summed E-state index contributed by atoms with van der Waals surface area (Å²) in [5.74, 6) is 1.04. The van der Waals surface area contributed by atoms with Crippen LogP contribution in [0.15, 0.2) is 35.7 Å². The molecule has 1 aliphatic rings. The molecule has 3 aromatic rings. The summed E-state index contributed by atoms with van der Waals surface area (Å²) < 4.78 is 5.32. The Morgan fingerprint density at radius 3 is 2.87 bits per heavy atom. The van der Waals surface area contributed by atoms with Gasteiger partial charge in [0.05, 0.1) is 29.5 Å². The number of para-hydroxylation sites is 2. The van der Waals surface area contributed by atoms with Gasteiger partial charge < -0.3 is 10.1 Å². The topological polar surface area (TPSA) is 80.2 Å². The van der Waals surface area contributed by atoms with Crippen molar-refractivity contribution < 1.29 is 9.53 Å². The van der Waals surface area contributed by atoms with Gasteiger partial charge in [-0.3, -0.25) is 9.69 Å². The van der Waals surface area contributed by atoms with Crippen molar-refractivity contribution in [3.8, 4) is 5.75 Å². The molecule has 0 spiro atoms. The smallest absolute Gasteiger partial charge is 0.274 e. The van der Waals surface area contributed by atoms with Crippen LogP contribution in [-0.4, -0.2) is 39.4 Å². The second-order valence-electron chi connectivity index (χ2n) is 7.39. The zero-order valence-corrected chi connectivity index (χ0v) is 18.2. The Bertz CT molecular complexity index is 1050. The van der Waals surface area contributed by atoms with Crippen LogP contribution in [0.5, 0.6) is 5.75 Å². The number of hydrogen-bond donors (Lipinski definition) is 1. The molecule has 1 aliphatic heterocycles. The summed E-state index contributed by atoms with van der Waals surface area (Å²) >= 11 is 1.67. The van der Waals surface area contributed by atoms with Gasteiger partial charge in [0, 0.05) is 17.6 Å². The Morgan fingerprint density at radius 1 is 1.27 bits per heavy atom. The number of benzene rings is 1. The number of nitrogens with zero attached hydrogens (tertiary/aromatic N) is 4. The zero-order chi connectivity index (χ0) is 21.1. The highest BCUT2D eigenvalue weighted by Crippen LogP contribution is 2.32. The maximum absolute atomic E-state index is 12.9. The predicted octanol–water partition coefficient (Wildman–Crippen LogP) is 4.15. The highest BCUT2D eigenvalue weighted by molar-refractivity contribution is 7.09. The first kappa shape index (κ1) is 20.4. The molecule has 0 radical (unpaired) electrons. The van der Waals surface area contributed by atoms with Crippen LogP contribution >= 0.6 is 11.3 Å². The molecule has 0 bridgehead atoms. The molecule has 8 heteroatoms. The molecule has 1 saturated heterocycles. The molecule has 1 unspecified atom stereocenters. The lowest BCUT2D eigenvalue weighted by Gasteiger charge is -2.23. The number of carbonyl (C=O) groups excluding carboxylic acids is 1. The molecular formula is C22H25N5O2S. The number of methoxy groups -OCH3 is 1. The van der Waals surface area contributed by atoms with E-state index < -0.39 is 0 Å². The molecule has 0 saturated carbocycles. The zero-order valence-electron chi connectivity index (χ0n) is 17.4. The van der Waals surface area contributed by atoms with E-state index in [1.807, 2.05) is 32.0 Å². The third-order valence-corrected chi connectivity index (χ3v) is 5.98. The van der Waals surface area contributed by atoms with Crippen molar-refractivity contribution in [2.75, 3.05) is 19.0 Å². The third kappa shape index (κ3) is 4.49. The predicted molar refractivity (Wildman–Crippen MR) is 117 cm³/mol. The van der Waals surface area contributed by atoms with Gasteiger partial charge in [-0.25, -0.2) is 15.0 Å². The number of anilines is 1. The van der Waals surface area contributed by atoms with Crippen LogP contribution in [0.4, 0.5) is 5.69 Å². The monoisotopic (exact) mass is 423 g/mol. The van der Waals surface area contributed by atoms with Crippen molar-refractivity contribution in [3.63, 3.8) is 0 Å². The summed E-state index contributed by atoms with van der Waals surface area (Å²) in [7, 11) is 1.58. The fourth-order valence-corrected chi connectivity index (χ4v) is 4.39. The Hall–Kier alpha value is -2.84. The number of amides is 1. The third-order valence-electron chi connectivity index (χ3n) is 5.15. The summed E-state index contributed by atoms with van der Waals surface area (Å²) in [4.78, 5) is 29.1.